The highest BCUT2D eigenvalue weighted by Crippen LogP contribution is 2.29. The molecule has 0 spiro atoms. The SMILES string of the molecule is CCNC(=NCc1ccc(OCc2ccccc2)c(OC)c1)NCCCN1CCCC1=O.I. The number of carbonyl (C=O) groups is 1. The van der Waals surface area contributed by atoms with Gasteiger partial charge in [0.05, 0.1) is 13.7 Å². The molecule has 1 amide bonds. The van der Waals surface area contributed by atoms with Crippen LogP contribution in [0.4, 0.5) is 0 Å². The molecule has 1 saturated heterocycles. The van der Waals surface area contributed by atoms with Gasteiger partial charge in [-0.1, -0.05) is 36.4 Å². The maximum absolute atomic E-state index is 11.7. The number of hydrogen-bond donors (Lipinski definition) is 2. The Hall–Kier alpha value is -2.49. The number of benzene rings is 2. The molecular formula is C25H35IN4O3. The first-order valence-electron chi connectivity index (χ1n) is 11.3. The number of aliphatic imine (C=N–C) groups is 1. The number of methoxy groups -OCH3 is 1. The standard InChI is InChI=1S/C25H34N4O3.HI/c1-3-26-25(27-14-8-16-29-15-7-11-24(29)30)28-18-21-12-13-22(23(17-21)31-2)32-19-20-9-5-4-6-10-20;/h4-6,9-10,12-13,17H,3,7-8,11,14-16,18-19H2,1-2H3,(H2,26,27,28);1H. The summed E-state index contributed by atoms with van der Waals surface area (Å²) in [6.45, 7) is 6.30. The minimum Gasteiger partial charge on any atom is -0.493 e. The number of rotatable bonds is 11. The molecule has 3 rings (SSSR count). The maximum atomic E-state index is 11.7. The molecule has 2 aromatic rings. The zero-order valence-electron chi connectivity index (χ0n) is 19.5. The number of carbonyl (C=O) groups excluding carboxylic acids is 1. The number of likely N-dealkylation sites (tertiary alicyclic amines) is 1. The molecule has 180 valence electrons. The first kappa shape index (κ1) is 26.8. The maximum Gasteiger partial charge on any atom is 0.222 e. The van der Waals surface area contributed by atoms with Crippen molar-refractivity contribution >= 4 is 35.8 Å². The highest BCUT2D eigenvalue weighted by atomic mass is 127. The van der Waals surface area contributed by atoms with E-state index in [2.05, 4.69) is 15.6 Å². The van der Waals surface area contributed by atoms with Crippen LogP contribution in [0.2, 0.25) is 0 Å². The average molecular weight is 566 g/mol. The summed E-state index contributed by atoms with van der Waals surface area (Å²) in [5.41, 5.74) is 2.15. The summed E-state index contributed by atoms with van der Waals surface area (Å²) >= 11 is 0. The van der Waals surface area contributed by atoms with E-state index in [0.717, 1.165) is 56.1 Å². The molecule has 8 heteroatoms. The van der Waals surface area contributed by atoms with Crippen molar-refractivity contribution in [3.8, 4) is 11.5 Å². The van der Waals surface area contributed by atoms with Gasteiger partial charge >= 0.3 is 0 Å². The number of amides is 1. The molecule has 0 unspecified atom stereocenters. The summed E-state index contributed by atoms with van der Waals surface area (Å²) < 4.78 is 11.5. The van der Waals surface area contributed by atoms with Crippen molar-refractivity contribution in [2.24, 2.45) is 4.99 Å². The third-order valence-electron chi connectivity index (χ3n) is 5.30. The molecule has 1 heterocycles. The zero-order valence-corrected chi connectivity index (χ0v) is 21.8. The van der Waals surface area contributed by atoms with Gasteiger partial charge in [-0.25, -0.2) is 4.99 Å². The van der Waals surface area contributed by atoms with E-state index < -0.39 is 0 Å². The molecule has 2 N–H and O–H groups in total. The second-order valence-electron chi connectivity index (χ2n) is 7.72. The van der Waals surface area contributed by atoms with Crippen LogP contribution >= 0.6 is 24.0 Å². The number of hydrogen-bond acceptors (Lipinski definition) is 4. The fraction of sp³-hybridized carbons (Fsp3) is 0.440. The Labute approximate surface area is 214 Å². The summed E-state index contributed by atoms with van der Waals surface area (Å²) in [6.07, 6.45) is 2.57. The molecule has 0 radical (unpaired) electrons. The Morgan fingerprint density at radius 3 is 2.61 bits per heavy atom. The monoisotopic (exact) mass is 566 g/mol. The van der Waals surface area contributed by atoms with Crippen molar-refractivity contribution < 1.29 is 14.3 Å². The van der Waals surface area contributed by atoms with Gasteiger partial charge in [0.25, 0.3) is 0 Å². The van der Waals surface area contributed by atoms with Gasteiger partial charge in [-0.15, -0.1) is 24.0 Å². The first-order chi connectivity index (χ1) is 15.7. The second kappa shape index (κ2) is 14.6. The van der Waals surface area contributed by atoms with E-state index in [1.807, 2.05) is 60.4 Å². The van der Waals surface area contributed by atoms with Crippen LogP contribution in [0.15, 0.2) is 53.5 Å². The van der Waals surface area contributed by atoms with Crippen LogP contribution in [0, 0.1) is 0 Å². The van der Waals surface area contributed by atoms with Crippen LogP contribution in [0.3, 0.4) is 0 Å². The summed E-state index contributed by atoms with van der Waals surface area (Å²) in [7, 11) is 1.65. The molecule has 0 bridgehead atoms. The predicted octanol–water partition coefficient (Wildman–Crippen LogP) is 3.96. The lowest BCUT2D eigenvalue weighted by molar-refractivity contribution is -0.127. The molecular weight excluding hydrogens is 531 g/mol. The summed E-state index contributed by atoms with van der Waals surface area (Å²) in [6, 6.07) is 16.0. The zero-order chi connectivity index (χ0) is 22.6. The number of ether oxygens (including phenoxy) is 2. The van der Waals surface area contributed by atoms with Gasteiger partial charge in [-0.3, -0.25) is 4.79 Å². The van der Waals surface area contributed by atoms with E-state index >= 15 is 0 Å². The molecule has 2 aromatic carbocycles. The molecule has 33 heavy (non-hydrogen) atoms. The topological polar surface area (TPSA) is 75.2 Å². The van der Waals surface area contributed by atoms with Crippen molar-refractivity contribution in [2.45, 2.75) is 39.3 Å². The third-order valence-corrected chi connectivity index (χ3v) is 5.30. The van der Waals surface area contributed by atoms with E-state index in [9.17, 15) is 4.79 Å². The summed E-state index contributed by atoms with van der Waals surface area (Å²) in [5.74, 6) is 2.45. The van der Waals surface area contributed by atoms with Gasteiger partial charge in [-0.2, -0.15) is 0 Å². The quantitative estimate of drug-likeness (QED) is 0.187. The lowest BCUT2D eigenvalue weighted by atomic mass is 10.2. The Bertz CT molecular complexity index is 892. The number of halogens is 1. The highest BCUT2D eigenvalue weighted by Gasteiger charge is 2.18. The predicted molar refractivity (Wildman–Crippen MR) is 142 cm³/mol. The molecule has 0 atom stereocenters. The van der Waals surface area contributed by atoms with Crippen molar-refractivity contribution in [1.82, 2.24) is 15.5 Å². The lowest BCUT2D eigenvalue weighted by Gasteiger charge is -2.16. The Balaban J connectivity index is 0.00000385. The second-order valence-corrected chi connectivity index (χ2v) is 7.72. The van der Waals surface area contributed by atoms with Gasteiger partial charge in [0, 0.05) is 32.6 Å². The van der Waals surface area contributed by atoms with E-state index in [4.69, 9.17) is 9.47 Å². The molecule has 1 aliphatic heterocycles. The van der Waals surface area contributed by atoms with Gasteiger partial charge in [0.2, 0.25) is 5.91 Å². The van der Waals surface area contributed by atoms with Crippen molar-refractivity contribution in [3.63, 3.8) is 0 Å². The van der Waals surface area contributed by atoms with E-state index in [-0.39, 0.29) is 29.9 Å². The fourth-order valence-corrected chi connectivity index (χ4v) is 3.59. The van der Waals surface area contributed by atoms with Crippen LogP contribution in [-0.4, -0.2) is 50.1 Å². The molecule has 1 fully saturated rings. The fourth-order valence-electron chi connectivity index (χ4n) is 3.59. The summed E-state index contributed by atoms with van der Waals surface area (Å²) in [4.78, 5) is 18.3. The average Bonchev–Trinajstić information content (AvgIpc) is 3.24. The third kappa shape index (κ3) is 8.75. The molecule has 7 nitrogen and oxygen atoms in total. The van der Waals surface area contributed by atoms with Crippen LogP contribution in [-0.2, 0) is 17.9 Å². The van der Waals surface area contributed by atoms with E-state index in [1.54, 1.807) is 7.11 Å². The summed E-state index contributed by atoms with van der Waals surface area (Å²) in [5, 5.41) is 6.62. The van der Waals surface area contributed by atoms with Crippen LogP contribution in [0.5, 0.6) is 11.5 Å². The normalized spacial score (nSPS) is 13.5. The van der Waals surface area contributed by atoms with Crippen LogP contribution < -0.4 is 20.1 Å². The Morgan fingerprint density at radius 1 is 1.09 bits per heavy atom. The van der Waals surface area contributed by atoms with Crippen molar-refractivity contribution in [1.29, 1.82) is 0 Å². The first-order valence-corrected chi connectivity index (χ1v) is 11.3. The van der Waals surface area contributed by atoms with Gasteiger partial charge in [-0.05, 0) is 43.0 Å². The smallest absolute Gasteiger partial charge is 0.222 e. The number of nitrogens with zero attached hydrogens (tertiary/aromatic N) is 2. The van der Waals surface area contributed by atoms with Gasteiger partial charge in [0.1, 0.15) is 6.61 Å². The number of nitrogens with one attached hydrogen (secondary N) is 2. The minimum atomic E-state index is 0. The highest BCUT2D eigenvalue weighted by molar-refractivity contribution is 14.0. The largest absolute Gasteiger partial charge is 0.493 e. The van der Waals surface area contributed by atoms with Crippen LogP contribution in [0.1, 0.15) is 37.3 Å². The van der Waals surface area contributed by atoms with Gasteiger partial charge in [0.15, 0.2) is 17.5 Å². The number of guanidine groups is 1. The van der Waals surface area contributed by atoms with E-state index in [1.165, 1.54) is 0 Å². The molecule has 0 aromatic heterocycles. The molecule has 0 aliphatic carbocycles. The van der Waals surface area contributed by atoms with Crippen molar-refractivity contribution in [3.05, 3.63) is 59.7 Å². The van der Waals surface area contributed by atoms with Gasteiger partial charge < -0.3 is 25.0 Å². The Morgan fingerprint density at radius 2 is 1.91 bits per heavy atom. The van der Waals surface area contributed by atoms with Crippen LogP contribution in [0.25, 0.3) is 0 Å². The molecule has 1 aliphatic rings. The Kier molecular flexibility index (Phi) is 11.9. The minimum absolute atomic E-state index is 0. The lowest BCUT2D eigenvalue weighted by Crippen LogP contribution is -2.39. The molecule has 0 saturated carbocycles. The van der Waals surface area contributed by atoms with Crippen molar-refractivity contribution in [2.75, 3.05) is 33.3 Å². The van der Waals surface area contributed by atoms with E-state index in [0.29, 0.717) is 31.1 Å².